The average molecular weight is 414 g/mol. The van der Waals surface area contributed by atoms with Crippen LogP contribution >= 0.6 is 0 Å². The van der Waals surface area contributed by atoms with Crippen molar-refractivity contribution in [2.24, 2.45) is 0 Å². The summed E-state index contributed by atoms with van der Waals surface area (Å²) in [5.74, 6) is -0.346. The van der Waals surface area contributed by atoms with Crippen LogP contribution in [0, 0.1) is 0 Å². The van der Waals surface area contributed by atoms with Crippen LogP contribution in [0.5, 0.6) is 0 Å². The summed E-state index contributed by atoms with van der Waals surface area (Å²) in [6.45, 7) is 2.28. The Kier molecular flexibility index (Phi) is 5.38. The molecule has 2 aromatic carbocycles. The molecule has 8 heteroatoms. The number of hydrogen-bond donors (Lipinski definition) is 0. The molecular weight excluding hydrogens is 392 g/mol. The summed E-state index contributed by atoms with van der Waals surface area (Å²) in [7, 11) is -3.66. The van der Waals surface area contributed by atoms with Gasteiger partial charge in [0.25, 0.3) is 0 Å². The Morgan fingerprint density at radius 3 is 2.83 bits per heavy atom. The zero-order valence-corrected chi connectivity index (χ0v) is 16.9. The minimum Gasteiger partial charge on any atom is -0.452 e. The van der Waals surface area contributed by atoms with Crippen molar-refractivity contribution >= 4 is 27.1 Å². The molecule has 0 N–H and O–H groups in total. The van der Waals surface area contributed by atoms with Crippen LogP contribution < -0.4 is 0 Å². The molecule has 1 aliphatic rings. The van der Waals surface area contributed by atoms with Crippen LogP contribution in [0.25, 0.3) is 11.1 Å². The number of fused-ring (bicyclic) bond motifs is 1. The van der Waals surface area contributed by atoms with Gasteiger partial charge in [-0.1, -0.05) is 24.6 Å². The SMILES string of the molecule is C[C@@H]1CCCCN1S(=O)(=O)c1cccc(C(=O)OCc2nc3ccccc3o2)c1. The van der Waals surface area contributed by atoms with E-state index in [2.05, 4.69) is 4.98 Å². The number of esters is 1. The number of ether oxygens (including phenoxy) is 1. The number of oxazole rings is 1. The Morgan fingerprint density at radius 2 is 2.03 bits per heavy atom. The van der Waals surface area contributed by atoms with Crippen LogP contribution in [-0.4, -0.2) is 36.3 Å². The lowest BCUT2D eigenvalue weighted by Crippen LogP contribution is -2.41. The summed E-state index contributed by atoms with van der Waals surface area (Å²) >= 11 is 0. The molecular formula is C21H22N2O5S. The maximum absolute atomic E-state index is 13.0. The molecule has 1 aliphatic heterocycles. The van der Waals surface area contributed by atoms with Gasteiger partial charge in [-0.3, -0.25) is 0 Å². The number of sulfonamides is 1. The molecule has 1 saturated heterocycles. The third-order valence-corrected chi connectivity index (χ3v) is 7.09. The lowest BCUT2D eigenvalue weighted by Gasteiger charge is -2.32. The number of nitrogens with zero attached hydrogens (tertiary/aromatic N) is 2. The van der Waals surface area contributed by atoms with Crippen molar-refractivity contribution in [3.63, 3.8) is 0 Å². The van der Waals surface area contributed by atoms with Crippen molar-refractivity contribution < 1.29 is 22.4 Å². The van der Waals surface area contributed by atoms with E-state index in [0.717, 1.165) is 19.3 Å². The lowest BCUT2D eigenvalue weighted by molar-refractivity contribution is 0.0440. The second-order valence-electron chi connectivity index (χ2n) is 7.14. The Labute approximate surface area is 169 Å². The second kappa shape index (κ2) is 7.96. The van der Waals surface area contributed by atoms with Crippen LogP contribution in [0.2, 0.25) is 0 Å². The van der Waals surface area contributed by atoms with E-state index in [-0.39, 0.29) is 29.0 Å². The molecule has 3 aromatic rings. The minimum absolute atomic E-state index is 0.0523. The van der Waals surface area contributed by atoms with Crippen LogP contribution in [0.15, 0.2) is 57.8 Å². The Morgan fingerprint density at radius 1 is 1.21 bits per heavy atom. The second-order valence-corrected chi connectivity index (χ2v) is 9.03. The molecule has 0 aliphatic carbocycles. The van der Waals surface area contributed by atoms with Gasteiger partial charge < -0.3 is 9.15 Å². The zero-order valence-electron chi connectivity index (χ0n) is 16.1. The van der Waals surface area contributed by atoms with Gasteiger partial charge in [0.15, 0.2) is 12.2 Å². The van der Waals surface area contributed by atoms with E-state index in [4.69, 9.17) is 9.15 Å². The summed E-state index contributed by atoms with van der Waals surface area (Å²) in [5, 5.41) is 0. The van der Waals surface area contributed by atoms with E-state index in [9.17, 15) is 13.2 Å². The van der Waals surface area contributed by atoms with Crippen LogP contribution in [-0.2, 0) is 21.4 Å². The largest absolute Gasteiger partial charge is 0.452 e. The van der Waals surface area contributed by atoms with E-state index >= 15 is 0 Å². The number of hydrogen-bond acceptors (Lipinski definition) is 6. The predicted octanol–water partition coefficient (Wildman–Crippen LogP) is 3.75. The molecule has 1 aromatic heterocycles. The normalized spacial score (nSPS) is 18.0. The highest BCUT2D eigenvalue weighted by molar-refractivity contribution is 7.89. The molecule has 2 heterocycles. The predicted molar refractivity (Wildman–Crippen MR) is 107 cm³/mol. The molecule has 0 radical (unpaired) electrons. The maximum atomic E-state index is 13.0. The van der Waals surface area contributed by atoms with Gasteiger partial charge in [0.05, 0.1) is 10.5 Å². The van der Waals surface area contributed by atoms with Crippen molar-refractivity contribution in [2.75, 3.05) is 6.54 Å². The summed E-state index contributed by atoms with van der Waals surface area (Å²) in [5.41, 5.74) is 1.47. The first kappa shape index (κ1) is 19.6. The fraction of sp³-hybridized carbons (Fsp3) is 0.333. The minimum atomic E-state index is -3.66. The fourth-order valence-electron chi connectivity index (χ4n) is 3.54. The van der Waals surface area contributed by atoms with Gasteiger partial charge in [-0.2, -0.15) is 4.31 Å². The number of rotatable bonds is 5. The standard InChI is InChI=1S/C21H22N2O5S/c1-15-7-4-5-12-23(15)29(25,26)17-9-6-8-16(13-17)21(24)27-14-20-22-18-10-2-3-11-19(18)28-20/h2-3,6,8-11,13,15H,4-5,7,12,14H2,1H3/t15-/m1/s1. The summed E-state index contributed by atoms with van der Waals surface area (Å²) in [6.07, 6.45) is 2.71. The van der Waals surface area contributed by atoms with Gasteiger partial charge >= 0.3 is 5.97 Å². The molecule has 1 atom stereocenters. The molecule has 29 heavy (non-hydrogen) atoms. The highest BCUT2D eigenvalue weighted by atomic mass is 32.2. The Bertz CT molecular complexity index is 1110. The number of benzene rings is 2. The number of carbonyl (C=O) groups excluding carboxylic acids is 1. The monoisotopic (exact) mass is 414 g/mol. The Hall–Kier alpha value is -2.71. The van der Waals surface area contributed by atoms with Crippen molar-refractivity contribution in [1.82, 2.24) is 9.29 Å². The smallest absolute Gasteiger partial charge is 0.338 e. The summed E-state index contributed by atoms with van der Waals surface area (Å²) < 4.78 is 38.3. The molecule has 0 bridgehead atoms. The van der Waals surface area contributed by atoms with Gasteiger partial charge in [0.1, 0.15) is 5.52 Å². The van der Waals surface area contributed by atoms with Crippen molar-refractivity contribution in [1.29, 1.82) is 0 Å². The van der Waals surface area contributed by atoms with Gasteiger partial charge in [-0.25, -0.2) is 18.2 Å². The van der Waals surface area contributed by atoms with Crippen molar-refractivity contribution in [3.8, 4) is 0 Å². The number of para-hydroxylation sites is 2. The highest BCUT2D eigenvalue weighted by Crippen LogP contribution is 2.26. The van der Waals surface area contributed by atoms with Crippen molar-refractivity contribution in [2.45, 2.75) is 43.7 Å². The molecule has 0 amide bonds. The average Bonchev–Trinajstić information content (AvgIpc) is 3.15. The first-order valence-corrected chi connectivity index (χ1v) is 11.0. The van der Waals surface area contributed by atoms with E-state index in [1.165, 1.54) is 22.5 Å². The first-order valence-electron chi connectivity index (χ1n) is 9.58. The third-order valence-electron chi connectivity index (χ3n) is 5.08. The van der Waals surface area contributed by atoms with E-state index in [1.54, 1.807) is 18.2 Å². The van der Waals surface area contributed by atoms with E-state index in [0.29, 0.717) is 17.6 Å². The van der Waals surface area contributed by atoms with Gasteiger partial charge in [-0.15, -0.1) is 0 Å². The molecule has 0 unspecified atom stereocenters. The molecule has 0 spiro atoms. The van der Waals surface area contributed by atoms with Crippen LogP contribution in [0.4, 0.5) is 0 Å². The Balaban J connectivity index is 1.49. The number of piperidine rings is 1. The zero-order chi connectivity index (χ0) is 20.4. The summed E-state index contributed by atoms with van der Waals surface area (Å²) in [6, 6.07) is 13.2. The molecule has 152 valence electrons. The fourth-order valence-corrected chi connectivity index (χ4v) is 5.29. The summed E-state index contributed by atoms with van der Waals surface area (Å²) in [4.78, 5) is 16.8. The topological polar surface area (TPSA) is 89.7 Å². The van der Waals surface area contributed by atoms with Crippen LogP contribution in [0.1, 0.15) is 42.4 Å². The molecule has 1 fully saturated rings. The van der Waals surface area contributed by atoms with Gasteiger partial charge in [0.2, 0.25) is 15.9 Å². The first-order chi connectivity index (χ1) is 13.9. The van der Waals surface area contributed by atoms with Gasteiger partial charge in [-0.05, 0) is 50.1 Å². The van der Waals surface area contributed by atoms with E-state index < -0.39 is 16.0 Å². The van der Waals surface area contributed by atoms with E-state index in [1.807, 2.05) is 19.1 Å². The third kappa shape index (κ3) is 4.04. The molecule has 4 rings (SSSR count). The van der Waals surface area contributed by atoms with Gasteiger partial charge in [0, 0.05) is 12.6 Å². The quantitative estimate of drug-likeness (QED) is 0.591. The maximum Gasteiger partial charge on any atom is 0.338 e. The number of carbonyl (C=O) groups is 1. The molecule has 0 saturated carbocycles. The number of aromatic nitrogens is 1. The van der Waals surface area contributed by atoms with Crippen LogP contribution in [0.3, 0.4) is 0 Å². The highest BCUT2D eigenvalue weighted by Gasteiger charge is 2.31. The lowest BCUT2D eigenvalue weighted by atomic mass is 10.1. The van der Waals surface area contributed by atoms with Crippen molar-refractivity contribution in [3.05, 3.63) is 60.0 Å². The molecule has 7 nitrogen and oxygen atoms in total.